The lowest BCUT2D eigenvalue weighted by atomic mass is 9.96. The minimum absolute atomic E-state index is 0.268. The Kier molecular flexibility index (Phi) is 2.95. The van der Waals surface area contributed by atoms with Crippen LogP contribution in [0, 0.1) is 6.92 Å². The number of carboxylic acid groups (broad SMARTS) is 1. The van der Waals surface area contributed by atoms with Crippen molar-refractivity contribution in [2.45, 2.75) is 25.9 Å². The van der Waals surface area contributed by atoms with Crippen LogP contribution in [0.15, 0.2) is 27.8 Å². The van der Waals surface area contributed by atoms with E-state index in [1.165, 1.54) is 6.92 Å². The predicted molar refractivity (Wildman–Crippen MR) is 67.2 cm³/mol. The van der Waals surface area contributed by atoms with Crippen LogP contribution in [0.2, 0.25) is 0 Å². The van der Waals surface area contributed by atoms with Crippen molar-refractivity contribution in [2.24, 2.45) is 5.16 Å². The maximum atomic E-state index is 11.0. The highest BCUT2D eigenvalue weighted by atomic mass is 79.9. The lowest BCUT2D eigenvalue weighted by molar-refractivity contribution is -0.160. The SMILES string of the molecule is Cc1ccc(C2=NOC(C)(C(=O)O)C2)c(Br)c1. The van der Waals surface area contributed by atoms with Gasteiger partial charge in [-0.1, -0.05) is 33.2 Å². The van der Waals surface area contributed by atoms with Crippen molar-refractivity contribution >= 4 is 27.6 Å². The van der Waals surface area contributed by atoms with Gasteiger partial charge in [-0.15, -0.1) is 0 Å². The van der Waals surface area contributed by atoms with Gasteiger partial charge in [-0.05, 0) is 25.5 Å². The van der Waals surface area contributed by atoms with Crippen LogP contribution in [0.4, 0.5) is 0 Å². The Bertz CT molecular complexity index is 512. The molecule has 0 saturated heterocycles. The van der Waals surface area contributed by atoms with Gasteiger partial charge in [-0.3, -0.25) is 0 Å². The normalized spacial score (nSPS) is 23.1. The van der Waals surface area contributed by atoms with Crippen molar-refractivity contribution in [1.29, 1.82) is 0 Å². The Labute approximate surface area is 107 Å². The molecule has 1 aliphatic rings. The molecule has 4 nitrogen and oxygen atoms in total. The van der Waals surface area contributed by atoms with Crippen molar-refractivity contribution < 1.29 is 14.7 Å². The van der Waals surface area contributed by atoms with Gasteiger partial charge in [0.15, 0.2) is 0 Å². The average molecular weight is 298 g/mol. The third-order valence-electron chi connectivity index (χ3n) is 2.75. The number of oxime groups is 1. The molecule has 0 radical (unpaired) electrons. The molecule has 0 fully saturated rings. The Morgan fingerprint density at radius 2 is 2.29 bits per heavy atom. The minimum Gasteiger partial charge on any atom is -0.478 e. The third-order valence-corrected chi connectivity index (χ3v) is 3.41. The summed E-state index contributed by atoms with van der Waals surface area (Å²) >= 11 is 3.45. The van der Waals surface area contributed by atoms with Crippen LogP contribution in [0.5, 0.6) is 0 Å². The van der Waals surface area contributed by atoms with Crippen LogP contribution in [-0.2, 0) is 9.63 Å². The summed E-state index contributed by atoms with van der Waals surface area (Å²) in [5, 5.41) is 12.9. The summed E-state index contributed by atoms with van der Waals surface area (Å²) in [6.07, 6.45) is 0.268. The second-order valence-electron chi connectivity index (χ2n) is 4.33. The molecule has 0 saturated carbocycles. The first-order valence-corrected chi connectivity index (χ1v) is 5.97. The van der Waals surface area contributed by atoms with Gasteiger partial charge in [0.05, 0.1) is 5.71 Å². The molecule has 1 N–H and O–H groups in total. The van der Waals surface area contributed by atoms with E-state index >= 15 is 0 Å². The first kappa shape index (κ1) is 12.1. The molecule has 1 unspecified atom stereocenters. The molecule has 2 rings (SSSR count). The quantitative estimate of drug-likeness (QED) is 0.913. The molecule has 0 aromatic heterocycles. The molecule has 90 valence electrons. The number of hydrogen-bond donors (Lipinski definition) is 1. The van der Waals surface area contributed by atoms with Crippen LogP contribution in [0.25, 0.3) is 0 Å². The fourth-order valence-electron chi connectivity index (χ4n) is 1.65. The summed E-state index contributed by atoms with van der Waals surface area (Å²) < 4.78 is 0.898. The highest BCUT2D eigenvalue weighted by Gasteiger charge is 2.42. The molecular formula is C12H12BrNO3. The van der Waals surface area contributed by atoms with Gasteiger partial charge in [0.25, 0.3) is 0 Å². The number of nitrogens with zero attached hydrogens (tertiary/aromatic N) is 1. The Balaban J connectivity index is 2.29. The van der Waals surface area contributed by atoms with Crippen LogP contribution in [0.3, 0.4) is 0 Å². The second-order valence-corrected chi connectivity index (χ2v) is 5.18. The molecule has 1 aromatic rings. The summed E-state index contributed by atoms with van der Waals surface area (Å²) in [6, 6.07) is 5.84. The molecular weight excluding hydrogens is 286 g/mol. The number of carboxylic acids is 1. The summed E-state index contributed by atoms with van der Waals surface area (Å²) in [6.45, 7) is 3.51. The van der Waals surface area contributed by atoms with Crippen molar-refractivity contribution in [3.63, 3.8) is 0 Å². The van der Waals surface area contributed by atoms with E-state index in [1.54, 1.807) is 0 Å². The van der Waals surface area contributed by atoms with E-state index < -0.39 is 11.6 Å². The molecule has 1 aliphatic heterocycles. The van der Waals surface area contributed by atoms with Gasteiger partial charge >= 0.3 is 5.97 Å². The maximum absolute atomic E-state index is 11.0. The molecule has 0 aliphatic carbocycles. The summed E-state index contributed by atoms with van der Waals surface area (Å²) in [7, 11) is 0. The third kappa shape index (κ3) is 2.20. The van der Waals surface area contributed by atoms with Crippen molar-refractivity contribution in [1.82, 2.24) is 0 Å². The zero-order chi connectivity index (χ0) is 12.6. The van der Waals surface area contributed by atoms with Gasteiger partial charge in [-0.2, -0.15) is 0 Å². The standard InChI is InChI=1S/C12H12BrNO3/c1-7-3-4-8(9(13)5-7)10-6-12(2,11(15)16)17-14-10/h3-5H,6H2,1-2H3,(H,15,16). The summed E-state index contributed by atoms with van der Waals surface area (Å²) in [5.74, 6) is -1.00. The fraction of sp³-hybridized carbons (Fsp3) is 0.333. The highest BCUT2D eigenvalue weighted by Crippen LogP contribution is 2.30. The molecule has 0 spiro atoms. The van der Waals surface area contributed by atoms with E-state index in [9.17, 15) is 4.79 Å². The van der Waals surface area contributed by atoms with Gasteiger partial charge in [-0.25, -0.2) is 4.79 Å². The van der Waals surface area contributed by atoms with Gasteiger partial charge < -0.3 is 9.94 Å². The van der Waals surface area contributed by atoms with Crippen LogP contribution in [0.1, 0.15) is 24.5 Å². The lowest BCUT2D eigenvalue weighted by Gasteiger charge is -2.14. The number of benzene rings is 1. The van der Waals surface area contributed by atoms with Gasteiger partial charge in [0.2, 0.25) is 5.60 Å². The second kappa shape index (κ2) is 4.14. The summed E-state index contributed by atoms with van der Waals surface area (Å²) in [5.41, 5.74) is 1.41. The highest BCUT2D eigenvalue weighted by molar-refractivity contribution is 9.10. The average Bonchev–Trinajstić information content (AvgIpc) is 2.62. The van der Waals surface area contributed by atoms with E-state index in [4.69, 9.17) is 9.94 Å². The van der Waals surface area contributed by atoms with Crippen LogP contribution in [-0.4, -0.2) is 22.4 Å². The first-order valence-electron chi connectivity index (χ1n) is 5.17. The van der Waals surface area contributed by atoms with Gasteiger partial charge in [0, 0.05) is 16.5 Å². The van der Waals surface area contributed by atoms with E-state index in [0.29, 0.717) is 5.71 Å². The smallest absolute Gasteiger partial charge is 0.351 e. The van der Waals surface area contributed by atoms with Crippen molar-refractivity contribution in [2.75, 3.05) is 0 Å². The Morgan fingerprint density at radius 1 is 1.59 bits per heavy atom. The largest absolute Gasteiger partial charge is 0.478 e. The zero-order valence-corrected chi connectivity index (χ0v) is 11.1. The van der Waals surface area contributed by atoms with E-state index in [1.807, 2.05) is 25.1 Å². The lowest BCUT2D eigenvalue weighted by Crippen LogP contribution is -2.35. The molecule has 1 atom stereocenters. The predicted octanol–water partition coefficient (Wildman–Crippen LogP) is 2.73. The number of carbonyl (C=O) groups is 1. The monoisotopic (exact) mass is 297 g/mol. The molecule has 5 heteroatoms. The molecule has 1 heterocycles. The van der Waals surface area contributed by atoms with Gasteiger partial charge in [0.1, 0.15) is 0 Å². The number of aryl methyl sites for hydroxylation is 1. The molecule has 17 heavy (non-hydrogen) atoms. The number of halogens is 1. The molecule has 0 amide bonds. The topological polar surface area (TPSA) is 58.9 Å². The number of aliphatic carboxylic acids is 1. The fourth-order valence-corrected chi connectivity index (χ4v) is 2.38. The molecule has 1 aromatic carbocycles. The van der Waals surface area contributed by atoms with E-state index in [0.717, 1.165) is 15.6 Å². The summed E-state index contributed by atoms with van der Waals surface area (Å²) in [4.78, 5) is 16.1. The number of rotatable bonds is 2. The Morgan fingerprint density at radius 3 is 2.82 bits per heavy atom. The Hall–Kier alpha value is -1.36. The van der Waals surface area contributed by atoms with Crippen molar-refractivity contribution in [3.8, 4) is 0 Å². The van der Waals surface area contributed by atoms with E-state index in [-0.39, 0.29) is 6.42 Å². The van der Waals surface area contributed by atoms with Crippen LogP contribution >= 0.6 is 15.9 Å². The zero-order valence-electron chi connectivity index (χ0n) is 9.53. The minimum atomic E-state index is -1.25. The van der Waals surface area contributed by atoms with E-state index in [2.05, 4.69) is 21.1 Å². The number of hydrogen-bond acceptors (Lipinski definition) is 3. The first-order chi connectivity index (χ1) is 7.92. The maximum Gasteiger partial charge on any atom is 0.351 e. The van der Waals surface area contributed by atoms with Crippen molar-refractivity contribution in [3.05, 3.63) is 33.8 Å². The van der Waals surface area contributed by atoms with Crippen LogP contribution < -0.4 is 0 Å². The molecule has 0 bridgehead atoms.